The molecule has 0 aliphatic carbocycles. The number of amides is 1. The first-order valence-corrected chi connectivity index (χ1v) is 12.2. The molecule has 1 aromatic carbocycles. The van der Waals surface area contributed by atoms with Crippen LogP contribution in [-0.2, 0) is 20.6 Å². The Bertz CT molecular complexity index is 832. The number of nitrogens with one attached hydrogen (secondary N) is 1. The number of thioether (sulfide) groups is 1. The molecule has 2 rings (SSSR count). The summed E-state index contributed by atoms with van der Waals surface area (Å²) in [5, 5.41) is 2.80. The lowest BCUT2D eigenvalue weighted by atomic mass is 10.0. The number of carbonyl (C=O) groups excluding carboxylic acids is 1. The smallest absolute Gasteiger partial charge is 0.240 e. The molecule has 1 heterocycles. The van der Waals surface area contributed by atoms with Crippen LogP contribution in [0.15, 0.2) is 47.1 Å². The van der Waals surface area contributed by atoms with Gasteiger partial charge in [-0.05, 0) is 47.9 Å². The van der Waals surface area contributed by atoms with E-state index in [-0.39, 0.29) is 12.5 Å². The fourth-order valence-electron chi connectivity index (χ4n) is 2.58. The second kappa shape index (κ2) is 10.6. The number of hydrogen-bond acceptors (Lipinski definition) is 5. The number of carbonyl (C=O) groups is 1. The number of furan rings is 1. The summed E-state index contributed by atoms with van der Waals surface area (Å²) in [7, 11) is -3.55. The molecule has 0 aliphatic heterocycles. The highest BCUT2D eigenvalue weighted by atomic mass is 32.2. The lowest BCUT2D eigenvalue weighted by Gasteiger charge is -2.22. The van der Waals surface area contributed by atoms with Crippen molar-refractivity contribution < 1.29 is 17.6 Å². The molecule has 0 radical (unpaired) electrons. The number of rotatable bonds is 11. The highest BCUT2D eigenvalue weighted by molar-refractivity contribution is 7.98. The highest BCUT2D eigenvalue weighted by Crippen LogP contribution is 2.21. The summed E-state index contributed by atoms with van der Waals surface area (Å²) in [5.74, 6) is 2.66. The average Bonchev–Trinajstić information content (AvgIpc) is 3.15. The van der Waals surface area contributed by atoms with Gasteiger partial charge in [0.05, 0.1) is 24.0 Å². The third-order valence-corrected chi connectivity index (χ3v) is 6.35. The van der Waals surface area contributed by atoms with Gasteiger partial charge in [-0.1, -0.05) is 26.0 Å². The van der Waals surface area contributed by atoms with E-state index in [2.05, 4.69) is 19.2 Å². The first-order chi connectivity index (χ1) is 13.3. The largest absolute Gasteiger partial charge is 0.468 e. The minimum absolute atomic E-state index is 0.223. The van der Waals surface area contributed by atoms with E-state index in [1.165, 1.54) is 0 Å². The van der Waals surface area contributed by atoms with Gasteiger partial charge in [0.2, 0.25) is 15.9 Å². The predicted octanol–water partition coefficient (Wildman–Crippen LogP) is 3.61. The number of nitrogens with zero attached hydrogens (tertiary/aromatic N) is 1. The molecule has 28 heavy (non-hydrogen) atoms. The minimum Gasteiger partial charge on any atom is -0.468 e. The van der Waals surface area contributed by atoms with E-state index in [1.54, 1.807) is 30.2 Å². The van der Waals surface area contributed by atoms with Crippen molar-refractivity contribution in [3.05, 3.63) is 54.0 Å². The summed E-state index contributed by atoms with van der Waals surface area (Å²) in [4.78, 5) is 12.2. The maximum absolute atomic E-state index is 12.2. The summed E-state index contributed by atoms with van der Waals surface area (Å²) in [6.07, 6.45) is 3.57. The average molecular weight is 425 g/mol. The predicted molar refractivity (Wildman–Crippen MR) is 115 cm³/mol. The first kappa shape index (κ1) is 22.4. The Balaban J connectivity index is 1.80. The van der Waals surface area contributed by atoms with Gasteiger partial charge in [0.1, 0.15) is 12.3 Å². The normalized spacial score (nSPS) is 11.6. The minimum atomic E-state index is -3.55. The van der Waals surface area contributed by atoms with E-state index < -0.39 is 10.0 Å². The number of anilines is 1. The molecule has 0 atom stereocenters. The van der Waals surface area contributed by atoms with Crippen LogP contribution >= 0.6 is 11.8 Å². The topological polar surface area (TPSA) is 79.6 Å². The van der Waals surface area contributed by atoms with Crippen LogP contribution in [0.1, 0.15) is 37.5 Å². The molecule has 0 aliphatic rings. The standard InChI is InChI=1S/C20H28N2O4S2/c1-16(2)17-7-9-18(10-8-17)22(28(3,24)25)14-20(23)21-11-5-13-27-15-19-6-4-12-26-19/h4,6-10,12,16H,5,11,13-15H2,1-3H3,(H,21,23). The van der Waals surface area contributed by atoms with Crippen LogP contribution in [0.3, 0.4) is 0 Å². The zero-order valence-electron chi connectivity index (χ0n) is 16.6. The summed E-state index contributed by atoms with van der Waals surface area (Å²) < 4.78 is 30.7. The summed E-state index contributed by atoms with van der Waals surface area (Å²) in [6, 6.07) is 11.1. The van der Waals surface area contributed by atoms with Gasteiger partial charge in [0, 0.05) is 6.54 Å². The molecule has 154 valence electrons. The van der Waals surface area contributed by atoms with Crippen molar-refractivity contribution >= 4 is 33.4 Å². The van der Waals surface area contributed by atoms with Gasteiger partial charge in [-0.3, -0.25) is 9.10 Å². The zero-order chi connectivity index (χ0) is 20.6. The van der Waals surface area contributed by atoms with Crippen molar-refractivity contribution in [1.29, 1.82) is 0 Å². The Kier molecular flexibility index (Phi) is 8.44. The van der Waals surface area contributed by atoms with Crippen molar-refractivity contribution in [2.24, 2.45) is 0 Å². The van der Waals surface area contributed by atoms with Gasteiger partial charge in [0.15, 0.2) is 0 Å². The Morgan fingerprint density at radius 3 is 2.50 bits per heavy atom. The molecular formula is C20H28N2O4S2. The fraction of sp³-hybridized carbons (Fsp3) is 0.450. The van der Waals surface area contributed by atoms with E-state index in [0.29, 0.717) is 18.2 Å². The van der Waals surface area contributed by atoms with Gasteiger partial charge in [-0.15, -0.1) is 0 Å². The Morgan fingerprint density at radius 1 is 1.21 bits per heavy atom. The molecular weight excluding hydrogens is 396 g/mol. The van der Waals surface area contributed by atoms with Crippen LogP contribution in [0.5, 0.6) is 0 Å². The molecule has 2 aromatic rings. The zero-order valence-corrected chi connectivity index (χ0v) is 18.2. The Labute approximate surface area is 171 Å². The van der Waals surface area contributed by atoms with E-state index in [1.807, 2.05) is 24.3 Å². The van der Waals surface area contributed by atoms with Crippen LogP contribution in [0.4, 0.5) is 5.69 Å². The van der Waals surface area contributed by atoms with E-state index in [4.69, 9.17) is 4.42 Å². The molecule has 0 saturated carbocycles. The number of benzene rings is 1. The van der Waals surface area contributed by atoms with E-state index in [0.717, 1.165) is 39.8 Å². The summed E-state index contributed by atoms with van der Waals surface area (Å²) in [6.45, 7) is 4.43. The van der Waals surface area contributed by atoms with Gasteiger partial charge >= 0.3 is 0 Å². The molecule has 0 bridgehead atoms. The van der Waals surface area contributed by atoms with Gasteiger partial charge < -0.3 is 9.73 Å². The van der Waals surface area contributed by atoms with Crippen LogP contribution in [0, 0.1) is 0 Å². The second-order valence-electron chi connectivity index (χ2n) is 6.85. The Morgan fingerprint density at radius 2 is 1.93 bits per heavy atom. The molecule has 8 heteroatoms. The van der Waals surface area contributed by atoms with Crippen molar-refractivity contribution in [2.75, 3.05) is 29.4 Å². The van der Waals surface area contributed by atoms with Crippen molar-refractivity contribution in [2.45, 2.75) is 31.9 Å². The molecule has 1 N–H and O–H groups in total. The van der Waals surface area contributed by atoms with Crippen LogP contribution in [0.2, 0.25) is 0 Å². The van der Waals surface area contributed by atoms with E-state index in [9.17, 15) is 13.2 Å². The van der Waals surface area contributed by atoms with Crippen LogP contribution in [-0.4, -0.2) is 39.4 Å². The third-order valence-electron chi connectivity index (χ3n) is 4.15. The molecule has 0 unspecified atom stereocenters. The van der Waals surface area contributed by atoms with Crippen LogP contribution < -0.4 is 9.62 Å². The maximum atomic E-state index is 12.2. The lowest BCUT2D eigenvalue weighted by Crippen LogP contribution is -2.40. The van der Waals surface area contributed by atoms with Crippen molar-refractivity contribution in [1.82, 2.24) is 5.32 Å². The summed E-state index contributed by atoms with van der Waals surface area (Å²) in [5.41, 5.74) is 1.62. The highest BCUT2D eigenvalue weighted by Gasteiger charge is 2.20. The number of sulfonamides is 1. The monoisotopic (exact) mass is 424 g/mol. The fourth-order valence-corrected chi connectivity index (χ4v) is 4.30. The molecule has 0 spiro atoms. The SMILES string of the molecule is CC(C)c1ccc(N(CC(=O)NCCCSCc2ccco2)S(C)(=O)=O)cc1. The van der Waals surface area contributed by atoms with Gasteiger partial charge in [-0.2, -0.15) is 11.8 Å². The van der Waals surface area contributed by atoms with Crippen LogP contribution in [0.25, 0.3) is 0 Å². The molecule has 6 nitrogen and oxygen atoms in total. The molecule has 1 aromatic heterocycles. The molecule has 1 amide bonds. The summed E-state index contributed by atoms with van der Waals surface area (Å²) >= 11 is 1.73. The molecule has 0 saturated heterocycles. The Hall–Kier alpha value is -1.93. The second-order valence-corrected chi connectivity index (χ2v) is 9.86. The quantitative estimate of drug-likeness (QED) is 0.558. The van der Waals surface area contributed by atoms with Gasteiger partial charge in [0.25, 0.3) is 0 Å². The first-order valence-electron chi connectivity index (χ1n) is 9.22. The molecule has 0 fully saturated rings. The van der Waals surface area contributed by atoms with E-state index >= 15 is 0 Å². The van der Waals surface area contributed by atoms with Gasteiger partial charge in [-0.25, -0.2) is 8.42 Å². The number of hydrogen-bond donors (Lipinski definition) is 1. The van der Waals surface area contributed by atoms with Crippen molar-refractivity contribution in [3.8, 4) is 0 Å². The lowest BCUT2D eigenvalue weighted by molar-refractivity contribution is -0.119. The van der Waals surface area contributed by atoms with Crippen molar-refractivity contribution in [3.63, 3.8) is 0 Å². The third kappa shape index (κ3) is 7.24. The maximum Gasteiger partial charge on any atom is 0.240 e.